The molecule has 0 aliphatic heterocycles. The van der Waals surface area contributed by atoms with Crippen molar-refractivity contribution in [1.29, 1.82) is 0 Å². The molecular formula is C17H20O5. The molecule has 5 nitrogen and oxygen atoms in total. The van der Waals surface area contributed by atoms with E-state index in [1.54, 1.807) is 43.3 Å². The Balaban J connectivity index is 1.98. The van der Waals surface area contributed by atoms with Crippen LogP contribution in [0.4, 0.5) is 0 Å². The van der Waals surface area contributed by atoms with Gasteiger partial charge in [0, 0.05) is 0 Å². The first-order valence-corrected chi connectivity index (χ1v) is 6.97. The molecule has 2 aromatic carbocycles. The maximum Gasteiger partial charge on any atom is 0.160 e. The van der Waals surface area contributed by atoms with Gasteiger partial charge in [0.05, 0.1) is 13.2 Å². The third-order valence-electron chi connectivity index (χ3n) is 3.36. The molecule has 22 heavy (non-hydrogen) atoms. The predicted octanol–water partition coefficient (Wildman–Crippen LogP) is 2.57. The lowest BCUT2D eigenvalue weighted by Gasteiger charge is -2.14. The fourth-order valence-corrected chi connectivity index (χ4v) is 2.02. The molecule has 0 heterocycles. The van der Waals surface area contributed by atoms with E-state index in [9.17, 15) is 15.3 Å². The van der Waals surface area contributed by atoms with E-state index in [0.29, 0.717) is 17.1 Å². The van der Waals surface area contributed by atoms with E-state index < -0.39 is 12.2 Å². The molecule has 5 heteroatoms. The van der Waals surface area contributed by atoms with E-state index in [-0.39, 0.29) is 12.4 Å². The first-order chi connectivity index (χ1) is 10.5. The number of aliphatic hydroxyl groups excluding tert-OH is 2. The molecule has 3 N–H and O–H groups in total. The standard InChI is InChI=1S/C17H20O5/c1-11(18)12-3-6-14(7-4-12)22-10-16(20)13-5-8-15(19)17(9-13)21-2/h3-9,11,16,18-20H,10H2,1-2H3. The van der Waals surface area contributed by atoms with Crippen molar-refractivity contribution in [3.8, 4) is 17.2 Å². The van der Waals surface area contributed by atoms with Crippen LogP contribution in [0.2, 0.25) is 0 Å². The summed E-state index contributed by atoms with van der Waals surface area (Å²) in [5.41, 5.74) is 1.39. The van der Waals surface area contributed by atoms with Crippen LogP contribution >= 0.6 is 0 Å². The molecule has 0 saturated carbocycles. The number of rotatable bonds is 6. The highest BCUT2D eigenvalue weighted by atomic mass is 16.5. The minimum absolute atomic E-state index is 0.0214. The van der Waals surface area contributed by atoms with Crippen molar-refractivity contribution in [2.24, 2.45) is 0 Å². The number of aliphatic hydroxyl groups is 2. The van der Waals surface area contributed by atoms with Crippen LogP contribution in [0.3, 0.4) is 0 Å². The van der Waals surface area contributed by atoms with Gasteiger partial charge in [-0.25, -0.2) is 0 Å². The lowest BCUT2D eigenvalue weighted by molar-refractivity contribution is 0.108. The summed E-state index contributed by atoms with van der Waals surface area (Å²) in [5, 5.41) is 29.1. The maximum absolute atomic E-state index is 10.1. The Kier molecular flexibility index (Phi) is 5.25. The normalized spacial score (nSPS) is 13.5. The minimum atomic E-state index is -0.842. The minimum Gasteiger partial charge on any atom is -0.504 e. The van der Waals surface area contributed by atoms with Crippen LogP contribution in [-0.4, -0.2) is 29.0 Å². The smallest absolute Gasteiger partial charge is 0.160 e. The molecule has 0 bridgehead atoms. The molecule has 0 saturated heterocycles. The molecule has 0 spiro atoms. The van der Waals surface area contributed by atoms with Crippen molar-refractivity contribution in [3.63, 3.8) is 0 Å². The topological polar surface area (TPSA) is 79.2 Å². The Morgan fingerprint density at radius 1 is 1.00 bits per heavy atom. The van der Waals surface area contributed by atoms with Crippen LogP contribution in [0.25, 0.3) is 0 Å². The molecule has 2 atom stereocenters. The molecule has 0 radical (unpaired) electrons. The summed E-state index contributed by atoms with van der Waals surface area (Å²) >= 11 is 0. The third-order valence-corrected chi connectivity index (χ3v) is 3.36. The first kappa shape index (κ1) is 16.1. The Hall–Kier alpha value is -2.24. The van der Waals surface area contributed by atoms with Crippen LogP contribution in [0.5, 0.6) is 17.2 Å². The van der Waals surface area contributed by atoms with Gasteiger partial charge in [0.25, 0.3) is 0 Å². The number of methoxy groups -OCH3 is 1. The second kappa shape index (κ2) is 7.15. The molecule has 2 unspecified atom stereocenters. The average molecular weight is 304 g/mol. The number of phenolic OH excluding ortho intramolecular Hbond substituents is 1. The Morgan fingerprint density at radius 2 is 1.64 bits per heavy atom. The van der Waals surface area contributed by atoms with Gasteiger partial charge in [-0.3, -0.25) is 0 Å². The number of hydrogen-bond acceptors (Lipinski definition) is 5. The molecule has 0 amide bonds. The highest BCUT2D eigenvalue weighted by Gasteiger charge is 2.12. The molecule has 2 aromatic rings. The Bertz CT molecular complexity index is 607. The summed E-state index contributed by atoms with van der Waals surface area (Å²) in [7, 11) is 1.45. The van der Waals surface area contributed by atoms with Gasteiger partial charge in [-0.2, -0.15) is 0 Å². The van der Waals surface area contributed by atoms with Gasteiger partial charge in [0.15, 0.2) is 11.5 Å². The quantitative estimate of drug-likeness (QED) is 0.764. The molecule has 0 aromatic heterocycles. The molecule has 0 aliphatic rings. The van der Waals surface area contributed by atoms with Gasteiger partial charge < -0.3 is 24.8 Å². The van der Waals surface area contributed by atoms with Crippen molar-refractivity contribution in [3.05, 3.63) is 53.6 Å². The van der Waals surface area contributed by atoms with Crippen molar-refractivity contribution in [2.45, 2.75) is 19.1 Å². The lowest BCUT2D eigenvalue weighted by atomic mass is 10.1. The van der Waals surface area contributed by atoms with Crippen molar-refractivity contribution >= 4 is 0 Å². The number of benzene rings is 2. The highest BCUT2D eigenvalue weighted by molar-refractivity contribution is 5.42. The van der Waals surface area contributed by atoms with E-state index in [0.717, 1.165) is 5.56 Å². The van der Waals surface area contributed by atoms with Gasteiger partial charge >= 0.3 is 0 Å². The van der Waals surface area contributed by atoms with Gasteiger partial charge in [-0.15, -0.1) is 0 Å². The van der Waals surface area contributed by atoms with Crippen LogP contribution in [0, 0.1) is 0 Å². The average Bonchev–Trinajstić information content (AvgIpc) is 2.53. The molecule has 0 fully saturated rings. The fraction of sp³-hybridized carbons (Fsp3) is 0.294. The van der Waals surface area contributed by atoms with Crippen LogP contribution < -0.4 is 9.47 Å². The van der Waals surface area contributed by atoms with E-state index in [1.807, 2.05) is 0 Å². The van der Waals surface area contributed by atoms with Gasteiger partial charge in [-0.05, 0) is 42.3 Å². The summed E-state index contributed by atoms with van der Waals surface area (Å²) < 4.78 is 10.5. The van der Waals surface area contributed by atoms with Crippen LogP contribution in [0.15, 0.2) is 42.5 Å². The van der Waals surface area contributed by atoms with Crippen molar-refractivity contribution in [2.75, 3.05) is 13.7 Å². The fourth-order valence-electron chi connectivity index (χ4n) is 2.02. The van der Waals surface area contributed by atoms with Gasteiger partial charge in [0.2, 0.25) is 0 Å². The third kappa shape index (κ3) is 3.90. The predicted molar refractivity (Wildman–Crippen MR) is 82.2 cm³/mol. The number of phenols is 1. The van der Waals surface area contributed by atoms with Gasteiger partial charge in [0.1, 0.15) is 18.5 Å². The number of ether oxygens (including phenoxy) is 2. The van der Waals surface area contributed by atoms with E-state index in [1.165, 1.54) is 13.2 Å². The largest absolute Gasteiger partial charge is 0.504 e. The molecule has 2 rings (SSSR count). The van der Waals surface area contributed by atoms with Gasteiger partial charge in [-0.1, -0.05) is 18.2 Å². The Labute approximate surface area is 129 Å². The second-order valence-corrected chi connectivity index (χ2v) is 5.00. The van der Waals surface area contributed by atoms with Crippen LogP contribution in [0.1, 0.15) is 30.3 Å². The molecule has 0 aliphatic carbocycles. The Morgan fingerprint density at radius 3 is 2.23 bits per heavy atom. The maximum atomic E-state index is 10.1. The first-order valence-electron chi connectivity index (χ1n) is 6.97. The highest BCUT2D eigenvalue weighted by Crippen LogP contribution is 2.29. The molecular weight excluding hydrogens is 284 g/mol. The van der Waals surface area contributed by atoms with E-state index in [2.05, 4.69) is 0 Å². The number of aromatic hydroxyl groups is 1. The summed E-state index contributed by atoms with van der Waals surface area (Å²) in [4.78, 5) is 0. The summed E-state index contributed by atoms with van der Waals surface area (Å²) in [6, 6.07) is 11.7. The van der Waals surface area contributed by atoms with E-state index >= 15 is 0 Å². The zero-order valence-electron chi connectivity index (χ0n) is 12.6. The summed E-state index contributed by atoms with van der Waals surface area (Å²) in [5.74, 6) is 0.931. The summed E-state index contributed by atoms with van der Waals surface area (Å²) in [6.45, 7) is 1.76. The van der Waals surface area contributed by atoms with Crippen molar-refractivity contribution < 1.29 is 24.8 Å². The second-order valence-electron chi connectivity index (χ2n) is 5.00. The van der Waals surface area contributed by atoms with Crippen molar-refractivity contribution in [1.82, 2.24) is 0 Å². The van der Waals surface area contributed by atoms with E-state index in [4.69, 9.17) is 9.47 Å². The summed E-state index contributed by atoms with van der Waals surface area (Å²) in [6.07, 6.45) is -1.37. The zero-order valence-corrected chi connectivity index (χ0v) is 12.6. The number of hydrogen-bond donors (Lipinski definition) is 3. The molecule has 118 valence electrons. The SMILES string of the molecule is COc1cc(C(O)COc2ccc(C(C)O)cc2)ccc1O. The zero-order chi connectivity index (χ0) is 16.1. The lowest BCUT2D eigenvalue weighted by Crippen LogP contribution is -2.09. The van der Waals surface area contributed by atoms with Crippen LogP contribution in [-0.2, 0) is 0 Å². The monoisotopic (exact) mass is 304 g/mol.